The van der Waals surface area contributed by atoms with E-state index in [4.69, 9.17) is 4.42 Å². The monoisotopic (exact) mass is 232 g/mol. The lowest BCUT2D eigenvalue weighted by Gasteiger charge is -2.46. The molecule has 2 heteroatoms. The van der Waals surface area contributed by atoms with E-state index in [2.05, 4.69) is 26.8 Å². The van der Waals surface area contributed by atoms with Crippen LogP contribution in [0.25, 0.3) is 0 Å². The quantitative estimate of drug-likeness (QED) is 0.698. The first-order chi connectivity index (χ1) is 8.01. The minimum atomic E-state index is -0.290. The molecule has 3 rings (SSSR count). The van der Waals surface area contributed by atoms with Crippen molar-refractivity contribution in [3.8, 4) is 0 Å². The number of aryl methyl sites for hydroxylation is 1. The molecule has 92 valence electrons. The normalized spacial score (nSPS) is 39.9. The summed E-state index contributed by atoms with van der Waals surface area (Å²) >= 11 is 0. The SMILES string of the molecule is Cc1coc2c1C[C@H]1[C@H](C)C(O)C=C[C@@]1(C)C2. The van der Waals surface area contributed by atoms with Gasteiger partial charge in [-0.15, -0.1) is 0 Å². The van der Waals surface area contributed by atoms with E-state index in [-0.39, 0.29) is 11.5 Å². The van der Waals surface area contributed by atoms with E-state index < -0.39 is 0 Å². The molecule has 0 aromatic carbocycles. The number of fused-ring (bicyclic) bond motifs is 2. The van der Waals surface area contributed by atoms with Crippen LogP contribution in [0.3, 0.4) is 0 Å². The first-order valence-corrected chi connectivity index (χ1v) is 6.44. The molecule has 1 N–H and O–H groups in total. The van der Waals surface area contributed by atoms with E-state index in [1.807, 2.05) is 12.3 Å². The van der Waals surface area contributed by atoms with Gasteiger partial charge in [-0.1, -0.05) is 26.0 Å². The molecule has 0 fully saturated rings. The molecule has 0 spiro atoms. The maximum atomic E-state index is 9.99. The second-order valence-corrected chi connectivity index (χ2v) is 6.02. The summed E-state index contributed by atoms with van der Waals surface area (Å²) in [6.45, 7) is 6.57. The van der Waals surface area contributed by atoms with Gasteiger partial charge in [0.15, 0.2) is 0 Å². The first kappa shape index (κ1) is 11.1. The number of hydrogen-bond donors (Lipinski definition) is 1. The van der Waals surface area contributed by atoms with Crippen LogP contribution in [0, 0.1) is 24.2 Å². The summed E-state index contributed by atoms with van der Waals surface area (Å²) in [7, 11) is 0. The van der Waals surface area contributed by atoms with Crippen molar-refractivity contribution < 1.29 is 9.52 Å². The number of furan rings is 1. The van der Waals surface area contributed by atoms with Gasteiger partial charge >= 0.3 is 0 Å². The minimum absolute atomic E-state index is 0.149. The Bertz CT molecular complexity index is 471. The predicted molar refractivity (Wildman–Crippen MR) is 66.8 cm³/mol. The van der Waals surface area contributed by atoms with Crippen LogP contribution in [-0.4, -0.2) is 11.2 Å². The molecule has 1 aromatic rings. The molecule has 2 aliphatic carbocycles. The van der Waals surface area contributed by atoms with Gasteiger partial charge in [0.2, 0.25) is 0 Å². The van der Waals surface area contributed by atoms with Crippen LogP contribution in [0.4, 0.5) is 0 Å². The van der Waals surface area contributed by atoms with Gasteiger partial charge in [0.25, 0.3) is 0 Å². The van der Waals surface area contributed by atoms with Crippen LogP contribution in [-0.2, 0) is 12.8 Å². The van der Waals surface area contributed by atoms with E-state index in [0.29, 0.717) is 11.8 Å². The molecule has 1 aromatic heterocycles. The minimum Gasteiger partial charge on any atom is -0.469 e. The van der Waals surface area contributed by atoms with Crippen molar-refractivity contribution in [1.29, 1.82) is 0 Å². The van der Waals surface area contributed by atoms with Gasteiger partial charge in [0, 0.05) is 6.42 Å². The van der Waals surface area contributed by atoms with E-state index in [1.165, 1.54) is 11.1 Å². The fourth-order valence-electron chi connectivity index (χ4n) is 3.58. The fourth-order valence-corrected chi connectivity index (χ4v) is 3.58. The van der Waals surface area contributed by atoms with Gasteiger partial charge in [-0.2, -0.15) is 0 Å². The Morgan fingerprint density at radius 2 is 2.24 bits per heavy atom. The van der Waals surface area contributed by atoms with Gasteiger partial charge < -0.3 is 9.52 Å². The van der Waals surface area contributed by atoms with E-state index in [9.17, 15) is 5.11 Å². The van der Waals surface area contributed by atoms with Gasteiger partial charge in [-0.25, -0.2) is 0 Å². The zero-order chi connectivity index (χ0) is 12.2. The third-order valence-electron chi connectivity index (χ3n) is 4.85. The summed E-state index contributed by atoms with van der Waals surface area (Å²) in [5.74, 6) is 1.99. The Morgan fingerprint density at radius 3 is 3.00 bits per heavy atom. The highest BCUT2D eigenvalue weighted by molar-refractivity contribution is 5.34. The van der Waals surface area contributed by atoms with Crippen LogP contribution >= 0.6 is 0 Å². The molecule has 2 aliphatic rings. The summed E-state index contributed by atoms with van der Waals surface area (Å²) in [5, 5.41) is 9.99. The molecule has 2 nitrogen and oxygen atoms in total. The van der Waals surface area contributed by atoms with Crippen molar-refractivity contribution in [3.05, 3.63) is 35.3 Å². The Hall–Kier alpha value is -1.02. The average Bonchev–Trinajstić information content (AvgIpc) is 2.64. The van der Waals surface area contributed by atoms with Crippen LogP contribution < -0.4 is 0 Å². The van der Waals surface area contributed by atoms with Crippen molar-refractivity contribution in [2.45, 2.75) is 39.7 Å². The van der Waals surface area contributed by atoms with Crippen molar-refractivity contribution in [2.24, 2.45) is 17.3 Å². The van der Waals surface area contributed by atoms with Crippen molar-refractivity contribution in [1.82, 2.24) is 0 Å². The molecular weight excluding hydrogens is 212 g/mol. The fraction of sp³-hybridized carbons (Fsp3) is 0.600. The molecule has 0 bridgehead atoms. The maximum Gasteiger partial charge on any atom is 0.108 e. The van der Waals surface area contributed by atoms with Crippen LogP contribution in [0.1, 0.15) is 30.7 Å². The number of aliphatic hydroxyl groups excluding tert-OH is 1. The zero-order valence-electron chi connectivity index (χ0n) is 10.7. The largest absolute Gasteiger partial charge is 0.469 e. The van der Waals surface area contributed by atoms with E-state index in [0.717, 1.165) is 18.6 Å². The van der Waals surface area contributed by atoms with Crippen LogP contribution in [0.5, 0.6) is 0 Å². The van der Waals surface area contributed by atoms with Crippen LogP contribution in [0.2, 0.25) is 0 Å². The second kappa shape index (κ2) is 3.49. The smallest absolute Gasteiger partial charge is 0.108 e. The average molecular weight is 232 g/mol. The van der Waals surface area contributed by atoms with Gasteiger partial charge in [0.05, 0.1) is 12.4 Å². The topological polar surface area (TPSA) is 33.4 Å². The summed E-state index contributed by atoms with van der Waals surface area (Å²) in [4.78, 5) is 0. The highest BCUT2D eigenvalue weighted by Crippen LogP contribution is 2.48. The number of hydrogen-bond acceptors (Lipinski definition) is 2. The number of allylic oxidation sites excluding steroid dienone is 1. The van der Waals surface area contributed by atoms with Gasteiger partial charge in [0.1, 0.15) is 5.76 Å². The molecular formula is C15H20O2. The third-order valence-corrected chi connectivity index (χ3v) is 4.85. The molecule has 0 radical (unpaired) electrons. The molecule has 0 aliphatic heterocycles. The van der Waals surface area contributed by atoms with Crippen molar-refractivity contribution in [2.75, 3.05) is 0 Å². The van der Waals surface area contributed by atoms with Crippen molar-refractivity contribution in [3.63, 3.8) is 0 Å². The number of rotatable bonds is 0. The van der Waals surface area contributed by atoms with Gasteiger partial charge in [-0.3, -0.25) is 0 Å². The van der Waals surface area contributed by atoms with E-state index in [1.54, 1.807) is 0 Å². The Kier molecular flexibility index (Phi) is 2.27. The molecule has 17 heavy (non-hydrogen) atoms. The zero-order valence-corrected chi connectivity index (χ0v) is 10.7. The lowest BCUT2D eigenvalue weighted by molar-refractivity contribution is 0.0470. The summed E-state index contributed by atoms with van der Waals surface area (Å²) in [6, 6.07) is 0. The first-order valence-electron chi connectivity index (χ1n) is 6.44. The Labute approximate surface area is 102 Å². The van der Waals surface area contributed by atoms with Crippen molar-refractivity contribution >= 4 is 0 Å². The molecule has 1 unspecified atom stereocenters. The van der Waals surface area contributed by atoms with Crippen LogP contribution in [0.15, 0.2) is 22.8 Å². The summed E-state index contributed by atoms with van der Waals surface area (Å²) in [5.41, 5.74) is 2.79. The summed E-state index contributed by atoms with van der Waals surface area (Å²) in [6.07, 6.45) is 7.74. The maximum absolute atomic E-state index is 9.99. The molecule has 1 heterocycles. The molecule has 4 atom stereocenters. The highest BCUT2D eigenvalue weighted by Gasteiger charge is 2.45. The lowest BCUT2D eigenvalue weighted by Crippen LogP contribution is -2.44. The Balaban J connectivity index is 2.05. The van der Waals surface area contributed by atoms with E-state index >= 15 is 0 Å². The molecule has 0 amide bonds. The summed E-state index contributed by atoms with van der Waals surface area (Å²) < 4.78 is 5.67. The molecule has 0 saturated carbocycles. The molecule has 0 saturated heterocycles. The Morgan fingerprint density at radius 1 is 1.47 bits per heavy atom. The number of aliphatic hydroxyl groups is 1. The van der Waals surface area contributed by atoms with Gasteiger partial charge in [-0.05, 0) is 41.7 Å². The highest BCUT2D eigenvalue weighted by atomic mass is 16.3. The standard InChI is InChI=1S/C15H20O2/c1-9-8-17-14-7-15(3)5-4-13(16)10(2)12(15)6-11(9)14/h4-5,8,10,12-13,16H,6-7H2,1-3H3/t10-,12-,13?,15-/m0/s1. The predicted octanol–water partition coefficient (Wildman–Crippen LogP) is 2.88. The lowest BCUT2D eigenvalue weighted by atomic mass is 9.59. The second-order valence-electron chi connectivity index (χ2n) is 6.02. The third kappa shape index (κ3) is 1.50.